The molecule has 0 bridgehead atoms. The summed E-state index contributed by atoms with van der Waals surface area (Å²) in [5.74, 6) is 1.09. The molecule has 0 unspecified atom stereocenters. The van der Waals surface area contributed by atoms with Gasteiger partial charge in [-0.05, 0) is 55.8 Å². The SMILES string of the molecule is CC(C)Oc1ccc(Cl)cc1Nc1nccc(-c2cc(C#N)c3c(c2)C(C)(C)CN3)n1. The van der Waals surface area contributed by atoms with Gasteiger partial charge in [-0.3, -0.25) is 0 Å². The molecular formula is C24H24ClN5O. The van der Waals surface area contributed by atoms with Crippen LogP contribution in [-0.2, 0) is 5.41 Å². The molecular weight excluding hydrogens is 410 g/mol. The smallest absolute Gasteiger partial charge is 0.227 e. The van der Waals surface area contributed by atoms with Gasteiger partial charge in [0.15, 0.2) is 0 Å². The number of hydrogen-bond acceptors (Lipinski definition) is 6. The molecule has 0 saturated carbocycles. The topological polar surface area (TPSA) is 82.9 Å². The van der Waals surface area contributed by atoms with Gasteiger partial charge in [0.1, 0.15) is 11.8 Å². The van der Waals surface area contributed by atoms with Crippen LogP contribution in [0.3, 0.4) is 0 Å². The maximum Gasteiger partial charge on any atom is 0.227 e. The standard InChI is InChI=1S/C24H24ClN5O/c1-14(2)31-21-6-5-17(25)11-20(21)30-23-27-8-7-19(29-23)15-9-16(12-26)22-18(10-15)24(3,4)13-28-22/h5-11,14,28H,13H2,1-4H3,(H,27,29,30). The number of anilines is 3. The molecule has 7 heteroatoms. The number of nitrogens with zero attached hydrogens (tertiary/aromatic N) is 3. The third-order valence-electron chi connectivity index (χ3n) is 5.20. The number of halogens is 1. The molecule has 0 radical (unpaired) electrons. The highest BCUT2D eigenvalue weighted by atomic mass is 35.5. The maximum absolute atomic E-state index is 9.66. The number of fused-ring (bicyclic) bond motifs is 1. The number of nitriles is 1. The van der Waals surface area contributed by atoms with E-state index in [0.29, 0.717) is 28.0 Å². The van der Waals surface area contributed by atoms with Crippen molar-refractivity contribution in [2.45, 2.75) is 39.2 Å². The monoisotopic (exact) mass is 433 g/mol. The van der Waals surface area contributed by atoms with Crippen LogP contribution in [0.5, 0.6) is 5.75 Å². The van der Waals surface area contributed by atoms with E-state index in [1.807, 2.05) is 32.0 Å². The van der Waals surface area contributed by atoms with Gasteiger partial charge in [-0.2, -0.15) is 5.26 Å². The molecule has 1 aliphatic rings. The van der Waals surface area contributed by atoms with E-state index < -0.39 is 0 Å². The van der Waals surface area contributed by atoms with Crippen LogP contribution >= 0.6 is 11.6 Å². The molecule has 0 atom stereocenters. The average Bonchev–Trinajstić information content (AvgIpc) is 3.04. The first kappa shape index (κ1) is 21.0. The van der Waals surface area contributed by atoms with Crippen molar-refractivity contribution in [1.82, 2.24) is 9.97 Å². The van der Waals surface area contributed by atoms with E-state index in [2.05, 4.69) is 46.6 Å². The molecule has 2 heterocycles. The van der Waals surface area contributed by atoms with Crippen molar-refractivity contribution in [2.24, 2.45) is 0 Å². The lowest BCUT2D eigenvalue weighted by Crippen LogP contribution is -2.18. The molecule has 3 aromatic rings. The number of ether oxygens (including phenoxy) is 1. The Morgan fingerprint density at radius 2 is 2.03 bits per heavy atom. The van der Waals surface area contributed by atoms with Crippen LogP contribution in [0.15, 0.2) is 42.6 Å². The number of nitrogens with one attached hydrogen (secondary N) is 2. The Labute approximate surface area is 187 Å². The molecule has 2 aromatic carbocycles. The Morgan fingerprint density at radius 1 is 1.23 bits per heavy atom. The van der Waals surface area contributed by atoms with E-state index in [4.69, 9.17) is 16.3 Å². The lowest BCUT2D eigenvalue weighted by molar-refractivity contribution is 0.244. The van der Waals surface area contributed by atoms with Gasteiger partial charge in [0.05, 0.1) is 28.7 Å². The fraction of sp³-hybridized carbons (Fsp3) is 0.292. The van der Waals surface area contributed by atoms with Crippen molar-refractivity contribution in [2.75, 3.05) is 17.2 Å². The quantitative estimate of drug-likeness (QED) is 0.521. The molecule has 1 aromatic heterocycles. The first-order valence-corrected chi connectivity index (χ1v) is 10.5. The first-order valence-electron chi connectivity index (χ1n) is 10.2. The Hall–Kier alpha value is -3.30. The van der Waals surface area contributed by atoms with Crippen LogP contribution in [0.2, 0.25) is 5.02 Å². The van der Waals surface area contributed by atoms with E-state index in [9.17, 15) is 5.26 Å². The average molecular weight is 434 g/mol. The Bertz CT molecular complexity index is 1180. The van der Waals surface area contributed by atoms with Crippen LogP contribution < -0.4 is 15.4 Å². The Morgan fingerprint density at radius 3 is 2.77 bits per heavy atom. The highest BCUT2D eigenvalue weighted by Crippen LogP contribution is 2.41. The fourth-order valence-electron chi connectivity index (χ4n) is 3.66. The zero-order chi connectivity index (χ0) is 22.2. The minimum absolute atomic E-state index is 0.0155. The Balaban J connectivity index is 1.71. The number of benzene rings is 2. The molecule has 0 aliphatic carbocycles. The van der Waals surface area contributed by atoms with Gasteiger partial charge in [0, 0.05) is 28.7 Å². The van der Waals surface area contributed by atoms with Gasteiger partial charge in [0.25, 0.3) is 0 Å². The molecule has 0 spiro atoms. The van der Waals surface area contributed by atoms with E-state index in [-0.39, 0.29) is 11.5 Å². The van der Waals surface area contributed by atoms with Crippen molar-refractivity contribution in [3.8, 4) is 23.1 Å². The van der Waals surface area contributed by atoms with E-state index in [1.54, 1.807) is 18.3 Å². The largest absolute Gasteiger partial charge is 0.489 e. The van der Waals surface area contributed by atoms with Gasteiger partial charge < -0.3 is 15.4 Å². The molecule has 158 valence electrons. The van der Waals surface area contributed by atoms with Crippen LogP contribution in [0.4, 0.5) is 17.3 Å². The normalized spacial score (nSPS) is 14.0. The summed E-state index contributed by atoms with van der Waals surface area (Å²) >= 11 is 6.19. The number of hydrogen-bond donors (Lipinski definition) is 2. The minimum Gasteiger partial charge on any atom is -0.489 e. The van der Waals surface area contributed by atoms with Crippen LogP contribution in [0.25, 0.3) is 11.3 Å². The second kappa shape index (κ2) is 8.09. The molecule has 0 saturated heterocycles. The lowest BCUT2D eigenvalue weighted by Gasteiger charge is -2.18. The summed E-state index contributed by atoms with van der Waals surface area (Å²) in [6.07, 6.45) is 1.71. The molecule has 1 aliphatic heterocycles. The highest BCUT2D eigenvalue weighted by molar-refractivity contribution is 6.31. The summed E-state index contributed by atoms with van der Waals surface area (Å²) in [5.41, 5.74) is 4.89. The zero-order valence-corrected chi connectivity index (χ0v) is 18.7. The van der Waals surface area contributed by atoms with Crippen molar-refractivity contribution in [3.63, 3.8) is 0 Å². The fourth-order valence-corrected chi connectivity index (χ4v) is 3.84. The summed E-state index contributed by atoms with van der Waals surface area (Å²) in [4.78, 5) is 9.04. The first-order chi connectivity index (χ1) is 14.8. The van der Waals surface area contributed by atoms with Crippen molar-refractivity contribution in [3.05, 3.63) is 58.7 Å². The van der Waals surface area contributed by atoms with Crippen LogP contribution in [0.1, 0.15) is 38.8 Å². The minimum atomic E-state index is -0.0606. The molecule has 6 nitrogen and oxygen atoms in total. The van der Waals surface area contributed by atoms with E-state index in [1.165, 1.54) is 0 Å². The van der Waals surface area contributed by atoms with Crippen LogP contribution in [0, 0.1) is 11.3 Å². The Kier molecular flexibility index (Phi) is 5.47. The van der Waals surface area contributed by atoms with E-state index in [0.717, 1.165) is 29.1 Å². The summed E-state index contributed by atoms with van der Waals surface area (Å²) in [6.45, 7) is 9.06. The lowest BCUT2D eigenvalue weighted by atomic mass is 9.85. The summed E-state index contributed by atoms with van der Waals surface area (Å²) in [7, 11) is 0. The second-order valence-corrected chi connectivity index (χ2v) is 8.93. The molecule has 2 N–H and O–H groups in total. The predicted octanol–water partition coefficient (Wildman–Crippen LogP) is 5.90. The third kappa shape index (κ3) is 4.28. The maximum atomic E-state index is 9.66. The van der Waals surface area contributed by atoms with Gasteiger partial charge in [-0.15, -0.1) is 0 Å². The summed E-state index contributed by atoms with van der Waals surface area (Å²) < 4.78 is 5.87. The van der Waals surface area contributed by atoms with Gasteiger partial charge in [-0.25, -0.2) is 9.97 Å². The van der Waals surface area contributed by atoms with Gasteiger partial charge >= 0.3 is 0 Å². The van der Waals surface area contributed by atoms with Crippen molar-refractivity contribution in [1.29, 1.82) is 5.26 Å². The van der Waals surface area contributed by atoms with Crippen LogP contribution in [-0.4, -0.2) is 22.6 Å². The molecule has 4 rings (SSSR count). The van der Waals surface area contributed by atoms with Crippen molar-refractivity contribution < 1.29 is 4.74 Å². The zero-order valence-electron chi connectivity index (χ0n) is 18.0. The summed E-state index contributed by atoms with van der Waals surface area (Å²) in [6, 6.07) is 13.5. The second-order valence-electron chi connectivity index (χ2n) is 8.49. The van der Waals surface area contributed by atoms with Crippen molar-refractivity contribution >= 4 is 28.9 Å². The van der Waals surface area contributed by atoms with E-state index >= 15 is 0 Å². The number of rotatable bonds is 5. The molecule has 31 heavy (non-hydrogen) atoms. The highest BCUT2D eigenvalue weighted by Gasteiger charge is 2.32. The van der Waals surface area contributed by atoms with Gasteiger partial charge in [-0.1, -0.05) is 25.4 Å². The predicted molar refractivity (Wildman–Crippen MR) is 124 cm³/mol. The molecule has 0 amide bonds. The molecule has 0 fully saturated rings. The third-order valence-corrected chi connectivity index (χ3v) is 5.43. The van der Waals surface area contributed by atoms with Gasteiger partial charge in [0.2, 0.25) is 5.95 Å². The number of aromatic nitrogens is 2. The summed E-state index contributed by atoms with van der Waals surface area (Å²) in [5, 5.41) is 16.8.